The molecule has 92 valence electrons. The van der Waals surface area contributed by atoms with Gasteiger partial charge in [-0.3, -0.25) is 0 Å². The second-order valence-electron chi connectivity index (χ2n) is 4.97. The molecule has 0 aliphatic rings. The average molecular weight is 248 g/mol. The van der Waals surface area contributed by atoms with E-state index < -0.39 is 11.9 Å². The van der Waals surface area contributed by atoms with Crippen LogP contribution in [-0.2, 0) is 0 Å². The Hall–Kier alpha value is -0.800. The lowest BCUT2D eigenvalue weighted by Gasteiger charge is -2.28. The highest BCUT2D eigenvalue weighted by Crippen LogP contribution is 2.37. The van der Waals surface area contributed by atoms with Gasteiger partial charge < -0.3 is 10.8 Å². The number of nitrogens with two attached hydrogens (primary N) is 1. The summed E-state index contributed by atoms with van der Waals surface area (Å²) in [4.78, 5) is 0. The van der Waals surface area contributed by atoms with Crippen molar-refractivity contribution in [1.29, 1.82) is 0 Å². The Morgan fingerprint density at radius 1 is 1.31 bits per heavy atom. The second kappa shape index (κ2) is 5.02. The minimum Gasteiger partial charge on any atom is -0.507 e. The van der Waals surface area contributed by atoms with Crippen molar-refractivity contribution >= 4 is 12.4 Å². The van der Waals surface area contributed by atoms with Crippen molar-refractivity contribution < 1.29 is 9.50 Å². The van der Waals surface area contributed by atoms with Crippen LogP contribution in [0, 0.1) is 18.2 Å². The number of hydrogen-bond acceptors (Lipinski definition) is 2. The number of phenolic OH excluding ortho intramolecular Hbond substituents is 1. The van der Waals surface area contributed by atoms with Gasteiger partial charge in [-0.25, -0.2) is 4.39 Å². The molecule has 0 unspecified atom stereocenters. The first-order chi connectivity index (χ1) is 6.75. The largest absolute Gasteiger partial charge is 0.507 e. The van der Waals surface area contributed by atoms with E-state index in [9.17, 15) is 9.50 Å². The van der Waals surface area contributed by atoms with Gasteiger partial charge in [-0.05, 0) is 24.0 Å². The Kier molecular flexibility index (Phi) is 4.77. The van der Waals surface area contributed by atoms with Crippen molar-refractivity contribution in [1.82, 2.24) is 0 Å². The standard InChI is InChI=1S/C12H18FNO.ClH/c1-7-5-6-8(13)9(10(7)15)11(14)12(2,3)4;/h5-6,11,15H,14H2,1-4H3;1H/t11-;/m1./s1. The smallest absolute Gasteiger partial charge is 0.131 e. The number of benzene rings is 1. The molecule has 1 rings (SSSR count). The fraction of sp³-hybridized carbons (Fsp3) is 0.500. The van der Waals surface area contributed by atoms with Gasteiger partial charge >= 0.3 is 0 Å². The van der Waals surface area contributed by atoms with E-state index >= 15 is 0 Å². The van der Waals surface area contributed by atoms with Crippen LogP contribution < -0.4 is 5.73 Å². The van der Waals surface area contributed by atoms with Crippen LogP contribution in [0.2, 0.25) is 0 Å². The van der Waals surface area contributed by atoms with Crippen LogP contribution in [0.15, 0.2) is 12.1 Å². The Morgan fingerprint density at radius 3 is 2.25 bits per heavy atom. The third-order valence-electron chi connectivity index (χ3n) is 2.61. The van der Waals surface area contributed by atoms with Crippen LogP contribution in [0.5, 0.6) is 5.75 Å². The van der Waals surface area contributed by atoms with Gasteiger partial charge in [0.2, 0.25) is 0 Å². The van der Waals surface area contributed by atoms with E-state index in [0.29, 0.717) is 5.56 Å². The minimum atomic E-state index is -0.516. The average Bonchev–Trinajstić information content (AvgIpc) is 2.10. The van der Waals surface area contributed by atoms with Gasteiger partial charge in [0, 0.05) is 11.6 Å². The molecular formula is C12H19ClFNO. The second-order valence-corrected chi connectivity index (χ2v) is 4.97. The first kappa shape index (κ1) is 15.2. The van der Waals surface area contributed by atoms with Gasteiger partial charge in [0.15, 0.2) is 0 Å². The maximum Gasteiger partial charge on any atom is 0.131 e. The van der Waals surface area contributed by atoms with Gasteiger partial charge in [0.05, 0.1) is 0 Å². The van der Waals surface area contributed by atoms with Gasteiger partial charge in [-0.1, -0.05) is 26.8 Å². The molecule has 0 aliphatic heterocycles. The van der Waals surface area contributed by atoms with E-state index in [0.717, 1.165) is 0 Å². The highest BCUT2D eigenvalue weighted by molar-refractivity contribution is 5.85. The summed E-state index contributed by atoms with van der Waals surface area (Å²) >= 11 is 0. The zero-order valence-corrected chi connectivity index (χ0v) is 10.9. The molecule has 0 aromatic heterocycles. The molecule has 0 saturated carbocycles. The molecule has 0 bridgehead atoms. The predicted octanol–water partition coefficient (Wildman–Crippen LogP) is 3.31. The number of aryl methyl sites for hydroxylation is 1. The third kappa shape index (κ3) is 2.86. The quantitative estimate of drug-likeness (QED) is 0.800. The van der Waals surface area contributed by atoms with E-state index in [1.165, 1.54) is 6.07 Å². The van der Waals surface area contributed by atoms with E-state index in [1.807, 2.05) is 20.8 Å². The van der Waals surface area contributed by atoms with Crippen LogP contribution in [-0.4, -0.2) is 5.11 Å². The molecule has 0 fully saturated rings. The van der Waals surface area contributed by atoms with Gasteiger partial charge in [-0.2, -0.15) is 0 Å². The molecule has 1 aromatic rings. The molecule has 0 heterocycles. The highest BCUT2D eigenvalue weighted by atomic mass is 35.5. The number of rotatable bonds is 1. The summed E-state index contributed by atoms with van der Waals surface area (Å²) in [5, 5.41) is 9.79. The molecule has 0 amide bonds. The van der Waals surface area contributed by atoms with Crippen LogP contribution in [0.4, 0.5) is 4.39 Å². The van der Waals surface area contributed by atoms with E-state index in [4.69, 9.17) is 5.73 Å². The zero-order valence-electron chi connectivity index (χ0n) is 10.0. The molecule has 3 N–H and O–H groups in total. The van der Waals surface area contributed by atoms with Crippen molar-refractivity contribution in [2.24, 2.45) is 11.1 Å². The van der Waals surface area contributed by atoms with Crippen LogP contribution >= 0.6 is 12.4 Å². The molecule has 1 aromatic carbocycles. The number of hydrogen-bond donors (Lipinski definition) is 2. The first-order valence-corrected chi connectivity index (χ1v) is 4.98. The lowest BCUT2D eigenvalue weighted by atomic mass is 9.82. The Balaban J connectivity index is 0.00000225. The Labute approximate surface area is 102 Å². The van der Waals surface area contributed by atoms with Crippen LogP contribution in [0.1, 0.15) is 37.9 Å². The van der Waals surface area contributed by atoms with E-state index in [1.54, 1.807) is 13.0 Å². The van der Waals surface area contributed by atoms with Crippen LogP contribution in [0.25, 0.3) is 0 Å². The topological polar surface area (TPSA) is 46.2 Å². The maximum absolute atomic E-state index is 13.6. The minimum absolute atomic E-state index is 0. The van der Waals surface area contributed by atoms with Gasteiger partial charge in [0.1, 0.15) is 11.6 Å². The van der Waals surface area contributed by atoms with Crippen molar-refractivity contribution in [3.05, 3.63) is 29.1 Å². The SMILES string of the molecule is Cc1ccc(F)c([C@@H](N)C(C)(C)C)c1O.Cl. The zero-order chi connectivity index (χ0) is 11.8. The van der Waals surface area contributed by atoms with Crippen molar-refractivity contribution in [2.75, 3.05) is 0 Å². The molecule has 0 spiro atoms. The molecule has 2 nitrogen and oxygen atoms in total. The fourth-order valence-electron chi connectivity index (χ4n) is 1.42. The monoisotopic (exact) mass is 247 g/mol. The van der Waals surface area contributed by atoms with Crippen LogP contribution in [0.3, 0.4) is 0 Å². The van der Waals surface area contributed by atoms with E-state index in [2.05, 4.69) is 0 Å². The summed E-state index contributed by atoms with van der Waals surface area (Å²) in [5.74, 6) is -0.474. The lowest BCUT2D eigenvalue weighted by Crippen LogP contribution is -2.27. The number of phenols is 1. The molecule has 0 saturated heterocycles. The molecule has 0 radical (unpaired) electrons. The molecule has 1 atom stereocenters. The summed E-state index contributed by atoms with van der Waals surface area (Å²) < 4.78 is 13.6. The van der Waals surface area contributed by atoms with Crippen molar-refractivity contribution in [3.8, 4) is 5.75 Å². The van der Waals surface area contributed by atoms with Crippen molar-refractivity contribution in [3.63, 3.8) is 0 Å². The highest BCUT2D eigenvalue weighted by Gasteiger charge is 2.28. The summed E-state index contributed by atoms with van der Waals surface area (Å²) in [7, 11) is 0. The van der Waals surface area contributed by atoms with Crippen molar-refractivity contribution in [2.45, 2.75) is 33.7 Å². The maximum atomic E-state index is 13.6. The summed E-state index contributed by atoms with van der Waals surface area (Å²) in [5.41, 5.74) is 6.51. The first-order valence-electron chi connectivity index (χ1n) is 4.98. The van der Waals surface area contributed by atoms with Gasteiger partial charge in [-0.15, -0.1) is 12.4 Å². The Morgan fingerprint density at radius 2 is 1.81 bits per heavy atom. The van der Waals surface area contributed by atoms with E-state index in [-0.39, 0.29) is 29.1 Å². The molecule has 16 heavy (non-hydrogen) atoms. The Bertz CT molecular complexity index is 374. The van der Waals surface area contributed by atoms with Gasteiger partial charge in [0.25, 0.3) is 0 Å². The predicted molar refractivity (Wildman–Crippen MR) is 66.4 cm³/mol. The molecule has 4 heteroatoms. The lowest BCUT2D eigenvalue weighted by molar-refractivity contribution is 0.308. The normalized spacial score (nSPS) is 13.1. The molecule has 0 aliphatic carbocycles. The number of halogens is 2. The fourth-order valence-corrected chi connectivity index (χ4v) is 1.42. The summed E-state index contributed by atoms with van der Waals surface area (Å²) in [6, 6.07) is 2.37. The third-order valence-corrected chi connectivity index (χ3v) is 2.61. The summed E-state index contributed by atoms with van der Waals surface area (Å²) in [6.45, 7) is 7.48. The number of aromatic hydroxyl groups is 1. The summed E-state index contributed by atoms with van der Waals surface area (Å²) in [6.07, 6.45) is 0. The molecular weight excluding hydrogens is 229 g/mol.